The Bertz CT molecular complexity index is 632. The van der Waals surface area contributed by atoms with E-state index in [0.29, 0.717) is 18.2 Å². The normalized spacial score (nSPS) is 10.7. The summed E-state index contributed by atoms with van der Waals surface area (Å²) in [5, 5.41) is 2.86. The van der Waals surface area contributed by atoms with Crippen molar-refractivity contribution >= 4 is 17.3 Å². The molecule has 0 aliphatic carbocycles. The van der Waals surface area contributed by atoms with E-state index in [1.54, 1.807) is 40.8 Å². The van der Waals surface area contributed by atoms with Gasteiger partial charge < -0.3 is 5.73 Å². The number of nitrogens with zero attached hydrogens (tertiary/aromatic N) is 6. The van der Waals surface area contributed by atoms with E-state index in [1.807, 2.05) is 5.38 Å². The monoisotopic (exact) mass is 259 g/mol. The number of nitrogens with two attached hydrogens (primary N) is 1. The van der Waals surface area contributed by atoms with Crippen molar-refractivity contribution in [3.05, 3.63) is 41.1 Å². The second-order valence-electron chi connectivity index (χ2n) is 3.48. The molecule has 90 valence electrons. The van der Waals surface area contributed by atoms with Gasteiger partial charge in [0.2, 0.25) is 11.9 Å². The molecule has 0 atom stereocenters. The van der Waals surface area contributed by atoms with E-state index in [9.17, 15) is 0 Å². The zero-order chi connectivity index (χ0) is 12.4. The Labute approximate surface area is 106 Å². The molecule has 0 fully saturated rings. The fourth-order valence-corrected chi connectivity index (χ4v) is 2.09. The Morgan fingerprint density at radius 2 is 2.17 bits per heavy atom. The highest BCUT2D eigenvalue weighted by molar-refractivity contribution is 7.09. The van der Waals surface area contributed by atoms with E-state index in [-0.39, 0.29) is 5.95 Å². The van der Waals surface area contributed by atoms with Gasteiger partial charge in [-0.1, -0.05) is 0 Å². The molecule has 3 rings (SSSR count). The molecule has 7 nitrogen and oxygen atoms in total. The smallest absolute Gasteiger partial charge is 0.239 e. The van der Waals surface area contributed by atoms with Crippen LogP contribution in [0.1, 0.15) is 10.8 Å². The van der Waals surface area contributed by atoms with E-state index >= 15 is 0 Å². The largest absolute Gasteiger partial charge is 0.368 e. The molecule has 0 aromatic carbocycles. The highest BCUT2D eigenvalue weighted by Gasteiger charge is 2.08. The van der Waals surface area contributed by atoms with Crippen molar-refractivity contribution in [2.45, 2.75) is 6.42 Å². The first-order valence-electron chi connectivity index (χ1n) is 5.18. The van der Waals surface area contributed by atoms with Gasteiger partial charge in [0.25, 0.3) is 0 Å². The minimum atomic E-state index is 0.195. The highest BCUT2D eigenvalue weighted by atomic mass is 32.1. The third-order valence-corrected chi connectivity index (χ3v) is 2.99. The van der Waals surface area contributed by atoms with Crippen LogP contribution in [-0.2, 0) is 6.42 Å². The summed E-state index contributed by atoms with van der Waals surface area (Å²) in [7, 11) is 0. The average Bonchev–Trinajstić information content (AvgIpc) is 3.00. The summed E-state index contributed by atoms with van der Waals surface area (Å²) >= 11 is 1.56. The molecule has 0 saturated carbocycles. The molecular weight excluding hydrogens is 250 g/mol. The predicted molar refractivity (Wildman–Crippen MR) is 66.3 cm³/mol. The van der Waals surface area contributed by atoms with E-state index < -0.39 is 0 Å². The number of hydrogen-bond acceptors (Lipinski definition) is 7. The van der Waals surface area contributed by atoms with E-state index in [4.69, 9.17) is 5.73 Å². The molecule has 2 N–H and O–H groups in total. The maximum absolute atomic E-state index is 5.68. The lowest BCUT2D eigenvalue weighted by Gasteiger charge is -2.03. The van der Waals surface area contributed by atoms with E-state index in [0.717, 1.165) is 5.01 Å². The van der Waals surface area contributed by atoms with Gasteiger partial charge >= 0.3 is 0 Å². The van der Waals surface area contributed by atoms with Crippen LogP contribution in [-0.4, -0.2) is 29.5 Å². The van der Waals surface area contributed by atoms with Gasteiger partial charge in [0.05, 0.1) is 6.42 Å². The van der Waals surface area contributed by atoms with Crippen LogP contribution >= 0.6 is 11.3 Å². The first-order valence-corrected chi connectivity index (χ1v) is 6.06. The molecule has 0 aliphatic rings. The Hall–Kier alpha value is -2.35. The Kier molecular flexibility index (Phi) is 2.69. The van der Waals surface area contributed by atoms with Gasteiger partial charge in [0, 0.05) is 24.0 Å². The maximum Gasteiger partial charge on any atom is 0.239 e. The fourth-order valence-electron chi connectivity index (χ4n) is 1.47. The number of rotatable bonds is 3. The predicted octanol–water partition coefficient (Wildman–Crippen LogP) is 0.687. The van der Waals surface area contributed by atoms with Crippen LogP contribution in [0.15, 0.2) is 30.3 Å². The first-order chi connectivity index (χ1) is 8.81. The van der Waals surface area contributed by atoms with E-state index in [2.05, 4.69) is 24.9 Å². The molecule has 0 bridgehead atoms. The molecule has 0 aliphatic heterocycles. The molecule has 0 spiro atoms. The topological polar surface area (TPSA) is 95.4 Å². The lowest BCUT2D eigenvalue weighted by molar-refractivity contribution is 0.848. The number of imidazole rings is 1. The molecule has 3 heterocycles. The van der Waals surface area contributed by atoms with Gasteiger partial charge in [-0.3, -0.25) is 4.57 Å². The molecule has 0 unspecified atom stereocenters. The van der Waals surface area contributed by atoms with Gasteiger partial charge in [-0.15, -0.1) is 11.3 Å². The Balaban J connectivity index is 1.96. The van der Waals surface area contributed by atoms with Gasteiger partial charge in [-0.25, -0.2) is 9.97 Å². The van der Waals surface area contributed by atoms with Crippen LogP contribution in [0, 0.1) is 0 Å². The molecular formula is C10H9N7S. The van der Waals surface area contributed by atoms with Crippen LogP contribution in [0.2, 0.25) is 0 Å². The fraction of sp³-hybridized carbons (Fsp3) is 0.100. The maximum atomic E-state index is 5.68. The molecule has 3 aromatic rings. The quantitative estimate of drug-likeness (QED) is 0.743. The van der Waals surface area contributed by atoms with Crippen molar-refractivity contribution in [2.24, 2.45) is 0 Å². The summed E-state index contributed by atoms with van der Waals surface area (Å²) in [6.07, 6.45) is 7.32. The third-order valence-electron chi connectivity index (χ3n) is 2.22. The molecule has 0 amide bonds. The molecule has 3 aromatic heterocycles. The number of nitrogen functional groups attached to an aromatic ring is 1. The van der Waals surface area contributed by atoms with Crippen LogP contribution in [0.4, 0.5) is 5.95 Å². The van der Waals surface area contributed by atoms with Gasteiger partial charge in [-0.05, 0) is 0 Å². The number of aromatic nitrogens is 6. The van der Waals surface area contributed by atoms with Crippen molar-refractivity contribution in [2.75, 3.05) is 5.73 Å². The van der Waals surface area contributed by atoms with E-state index in [1.165, 1.54) is 0 Å². The summed E-state index contributed by atoms with van der Waals surface area (Å²) in [5.74, 6) is 1.26. The first kappa shape index (κ1) is 10.8. The zero-order valence-corrected chi connectivity index (χ0v) is 10.1. The summed E-state index contributed by atoms with van der Waals surface area (Å²) in [4.78, 5) is 20.6. The van der Waals surface area contributed by atoms with Crippen LogP contribution < -0.4 is 5.73 Å². The van der Waals surface area contributed by atoms with Crippen molar-refractivity contribution in [1.82, 2.24) is 29.5 Å². The van der Waals surface area contributed by atoms with Gasteiger partial charge in [0.15, 0.2) is 0 Å². The second-order valence-corrected chi connectivity index (χ2v) is 4.46. The van der Waals surface area contributed by atoms with Crippen LogP contribution in [0.3, 0.4) is 0 Å². The molecule has 18 heavy (non-hydrogen) atoms. The van der Waals surface area contributed by atoms with Gasteiger partial charge in [-0.2, -0.15) is 15.0 Å². The summed E-state index contributed by atoms with van der Waals surface area (Å²) in [6, 6.07) is 0. The second kappa shape index (κ2) is 4.49. The minimum absolute atomic E-state index is 0.195. The highest BCUT2D eigenvalue weighted by Crippen LogP contribution is 2.10. The van der Waals surface area contributed by atoms with Crippen LogP contribution in [0.25, 0.3) is 5.95 Å². The summed E-state index contributed by atoms with van der Waals surface area (Å²) < 4.78 is 1.68. The van der Waals surface area contributed by atoms with Crippen LogP contribution in [0.5, 0.6) is 0 Å². The lowest BCUT2D eigenvalue weighted by Crippen LogP contribution is -2.09. The Morgan fingerprint density at radius 1 is 1.22 bits per heavy atom. The van der Waals surface area contributed by atoms with Crippen molar-refractivity contribution in [1.29, 1.82) is 0 Å². The average molecular weight is 259 g/mol. The minimum Gasteiger partial charge on any atom is -0.368 e. The molecule has 8 heteroatoms. The Morgan fingerprint density at radius 3 is 2.89 bits per heavy atom. The zero-order valence-electron chi connectivity index (χ0n) is 9.26. The SMILES string of the molecule is Nc1nc(Cc2nccs2)nc(-n2ccnc2)n1. The molecule has 0 saturated heterocycles. The number of anilines is 1. The number of hydrogen-bond donors (Lipinski definition) is 1. The standard InChI is InChI=1S/C10H9N7S/c11-9-14-7(5-8-13-2-4-18-8)15-10(16-9)17-3-1-12-6-17/h1-4,6H,5H2,(H2,11,14,15,16). The molecule has 0 radical (unpaired) electrons. The lowest BCUT2D eigenvalue weighted by atomic mass is 10.4. The summed E-state index contributed by atoms with van der Waals surface area (Å²) in [6.45, 7) is 0. The summed E-state index contributed by atoms with van der Waals surface area (Å²) in [5.41, 5.74) is 5.68. The third kappa shape index (κ3) is 2.18. The van der Waals surface area contributed by atoms with Crippen molar-refractivity contribution < 1.29 is 0 Å². The van der Waals surface area contributed by atoms with Crippen molar-refractivity contribution in [3.63, 3.8) is 0 Å². The number of thiazole rings is 1. The van der Waals surface area contributed by atoms with Gasteiger partial charge in [0.1, 0.15) is 17.2 Å². The van der Waals surface area contributed by atoms with Crippen molar-refractivity contribution in [3.8, 4) is 5.95 Å².